The fraction of sp³-hybridized carbons (Fsp3) is 0.381. The van der Waals surface area contributed by atoms with Gasteiger partial charge in [0.2, 0.25) is 0 Å². The summed E-state index contributed by atoms with van der Waals surface area (Å²) in [6.07, 6.45) is 7.48. The zero-order valence-electron chi connectivity index (χ0n) is 16.1. The van der Waals surface area contributed by atoms with Gasteiger partial charge in [-0.05, 0) is 42.2 Å². The lowest BCUT2D eigenvalue weighted by Gasteiger charge is -2.27. The van der Waals surface area contributed by atoms with Crippen molar-refractivity contribution in [2.75, 3.05) is 5.32 Å². The van der Waals surface area contributed by atoms with E-state index < -0.39 is 0 Å². The molecule has 1 saturated carbocycles. The molecule has 3 heterocycles. The van der Waals surface area contributed by atoms with Crippen molar-refractivity contribution in [2.24, 2.45) is 5.73 Å². The molecule has 1 aliphatic carbocycles. The Kier molecular flexibility index (Phi) is 4.91. The number of aromatic nitrogens is 4. The first-order chi connectivity index (χ1) is 14.2. The van der Waals surface area contributed by atoms with Crippen molar-refractivity contribution in [3.8, 4) is 0 Å². The van der Waals surface area contributed by atoms with Gasteiger partial charge in [0.05, 0.1) is 35.2 Å². The molecular weight excluding hydrogens is 384 g/mol. The third-order valence-corrected chi connectivity index (χ3v) is 6.54. The summed E-state index contributed by atoms with van der Waals surface area (Å²) in [4.78, 5) is 13.7. The second-order valence-electron chi connectivity index (χ2n) is 7.69. The highest BCUT2D eigenvalue weighted by Gasteiger charge is 2.23. The van der Waals surface area contributed by atoms with Gasteiger partial charge in [-0.2, -0.15) is 0 Å². The van der Waals surface area contributed by atoms with Crippen LogP contribution in [-0.2, 0) is 13.1 Å². The van der Waals surface area contributed by atoms with Gasteiger partial charge < -0.3 is 20.7 Å². The van der Waals surface area contributed by atoms with Crippen LogP contribution in [0.25, 0.3) is 21.4 Å². The van der Waals surface area contributed by atoms with Crippen molar-refractivity contribution >= 4 is 37.8 Å². The van der Waals surface area contributed by atoms with E-state index in [4.69, 9.17) is 10.7 Å². The van der Waals surface area contributed by atoms with E-state index in [0.717, 1.165) is 57.8 Å². The van der Waals surface area contributed by atoms with E-state index in [2.05, 4.69) is 38.1 Å². The molecule has 0 radical (unpaired) electrons. The predicted molar refractivity (Wildman–Crippen MR) is 116 cm³/mol. The van der Waals surface area contributed by atoms with Crippen LogP contribution in [0.1, 0.15) is 36.8 Å². The van der Waals surface area contributed by atoms with Crippen LogP contribution in [0.4, 0.5) is 5.13 Å². The minimum absolute atomic E-state index is 0.102. The zero-order valence-corrected chi connectivity index (χ0v) is 16.9. The van der Waals surface area contributed by atoms with Crippen LogP contribution in [0.2, 0.25) is 0 Å². The number of nitrogens with one attached hydrogen (secondary N) is 1. The standard InChI is InChI=1S/C21H24N6OS/c22-9-14-7-17-20(23-10-14)27(12-24-17)11-13-5-6-16-19(8-13)29-21(26-16)25-15-3-1-2-4-18(15)28/h5-8,10,12,15,18,28H,1-4,9,11,22H2,(H,25,26)/t15-,18-/m1/s1. The maximum absolute atomic E-state index is 10.2. The smallest absolute Gasteiger partial charge is 0.184 e. The summed E-state index contributed by atoms with van der Waals surface area (Å²) in [5, 5.41) is 14.5. The number of aliphatic hydroxyl groups is 1. The molecule has 8 heteroatoms. The van der Waals surface area contributed by atoms with Gasteiger partial charge in [0.1, 0.15) is 5.52 Å². The Labute approximate surface area is 172 Å². The Hall–Kier alpha value is -2.55. The van der Waals surface area contributed by atoms with E-state index in [9.17, 15) is 5.11 Å². The van der Waals surface area contributed by atoms with Crippen LogP contribution in [-0.4, -0.2) is 36.8 Å². The summed E-state index contributed by atoms with van der Waals surface area (Å²) in [6, 6.07) is 8.42. The van der Waals surface area contributed by atoms with Crippen LogP contribution in [0.15, 0.2) is 36.8 Å². The molecule has 0 saturated heterocycles. The van der Waals surface area contributed by atoms with Crippen LogP contribution >= 0.6 is 11.3 Å². The second-order valence-corrected chi connectivity index (χ2v) is 8.72. The summed E-state index contributed by atoms with van der Waals surface area (Å²) >= 11 is 1.64. The van der Waals surface area contributed by atoms with E-state index in [1.54, 1.807) is 11.3 Å². The van der Waals surface area contributed by atoms with Gasteiger partial charge in [-0.25, -0.2) is 15.0 Å². The molecule has 29 heavy (non-hydrogen) atoms. The molecule has 5 rings (SSSR count). The minimum Gasteiger partial charge on any atom is -0.391 e. The lowest BCUT2D eigenvalue weighted by atomic mass is 9.93. The number of hydrogen-bond donors (Lipinski definition) is 3. The quantitative estimate of drug-likeness (QED) is 0.468. The highest BCUT2D eigenvalue weighted by atomic mass is 32.1. The SMILES string of the molecule is NCc1cnc2c(c1)ncn2Cc1ccc2nc(N[C@@H]3CCCC[C@H]3O)sc2c1. The number of anilines is 1. The van der Waals surface area contributed by atoms with Crippen molar-refractivity contribution in [1.82, 2.24) is 19.5 Å². The molecule has 0 aliphatic heterocycles. The van der Waals surface area contributed by atoms with Crippen LogP contribution in [0.3, 0.4) is 0 Å². The number of rotatable bonds is 5. The number of benzene rings is 1. The number of hydrogen-bond acceptors (Lipinski definition) is 7. The van der Waals surface area contributed by atoms with Gasteiger partial charge in [-0.15, -0.1) is 0 Å². The summed E-state index contributed by atoms with van der Waals surface area (Å²) in [5.74, 6) is 0. The number of imidazole rings is 1. The number of nitrogens with two attached hydrogens (primary N) is 1. The van der Waals surface area contributed by atoms with Gasteiger partial charge in [-0.3, -0.25) is 0 Å². The fourth-order valence-electron chi connectivity index (χ4n) is 3.98. The van der Waals surface area contributed by atoms with Crippen LogP contribution in [0, 0.1) is 0 Å². The number of nitrogens with zero attached hydrogens (tertiary/aromatic N) is 4. The minimum atomic E-state index is -0.284. The fourth-order valence-corrected chi connectivity index (χ4v) is 4.97. The average Bonchev–Trinajstić information content (AvgIpc) is 3.32. The molecule has 1 aliphatic rings. The topological polar surface area (TPSA) is 102 Å². The molecule has 1 fully saturated rings. The third kappa shape index (κ3) is 3.71. The number of aliphatic hydroxyl groups excluding tert-OH is 1. The molecule has 0 spiro atoms. The molecule has 7 nitrogen and oxygen atoms in total. The molecule has 0 unspecified atom stereocenters. The third-order valence-electron chi connectivity index (χ3n) is 5.59. The number of pyridine rings is 1. The Morgan fingerprint density at radius 2 is 2.03 bits per heavy atom. The molecule has 2 atom stereocenters. The first-order valence-electron chi connectivity index (χ1n) is 10.0. The van der Waals surface area contributed by atoms with Gasteiger partial charge in [0, 0.05) is 12.7 Å². The second kappa shape index (κ2) is 7.70. The van der Waals surface area contributed by atoms with E-state index in [-0.39, 0.29) is 12.1 Å². The number of fused-ring (bicyclic) bond motifs is 2. The van der Waals surface area contributed by atoms with Crippen LogP contribution in [0.5, 0.6) is 0 Å². The molecule has 4 aromatic rings. The lowest BCUT2D eigenvalue weighted by molar-refractivity contribution is 0.116. The van der Waals surface area contributed by atoms with Gasteiger partial charge >= 0.3 is 0 Å². The Bertz CT molecular complexity index is 1150. The van der Waals surface area contributed by atoms with Crippen LogP contribution < -0.4 is 11.1 Å². The summed E-state index contributed by atoms with van der Waals surface area (Å²) in [7, 11) is 0. The zero-order chi connectivity index (χ0) is 19.8. The molecular formula is C21H24N6OS. The van der Waals surface area contributed by atoms with E-state index in [1.807, 2.05) is 18.6 Å². The molecule has 4 N–H and O–H groups in total. The lowest BCUT2D eigenvalue weighted by Crippen LogP contribution is -2.36. The maximum Gasteiger partial charge on any atom is 0.184 e. The van der Waals surface area contributed by atoms with Crippen molar-refractivity contribution < 1.29 is 5.11 Å². The first-order valence-corrected chi connectivity index (χ1v) is 10.8. The van der Waals surface area contributed by atoms with Crippen molar-refractivity contribution in [2.45, 2.75) is 50.9 Å². The Morgan fingerprint density at radius 1 is 1.14 bits per heavy atom. The Morgan fingerprint density at radius 3 is 2.90 bits per heavy atom. The Balaban J connectivity index is 1.37. The van der Waals surface area contributed by atoms with Gasteiger partial charge in [0.15, 0.2) is 10.8 Å². The first kappa shape index (κ1) is 18.5. The predicted octanol–water partition coefficient (Wildman–Crippen LogP) is 3.26. The number of thiazole rings is 1. The molecule has 150 valence electrons. The summed E-state index contributed by atoms with van der Waals surface area (Å²) < 4.78 is 3.19. The maximum atomic E-state index is 10.2. The van der Waals surface area contributed by atoms with Crippen molar-refractivity contribution in [3.63, 3.8) is 0 Å². The monoisotopic (exact) mass is 408 g/mol. The van der Waals surface area contributed by atoms with E-state index >= 15 is 0 Å². The van der Waals surface area contributed by atoms with Crippen molar-refractivity contribution in [3.05, 3.63) is 47.9 Å². The highest BCUT2D eigenvalue weighted by Crippen LogP contribution is 2.30. The van der Waals surface area contributed by atoms with E-state index in [0.29, 0.717) is 13.1 Å². The highest BCUT2D eigenvalue weighted by molar-refractivity contribution is 7.22. The molecule has 0 bridgehead atoms. The molecule has 0 amide bonds. The van der Waals surface area contributed by atoms with Crippen molar-refractivity contribution in [1.29, 1.82) is 0 Å². The normalized spacial score (nSPS) is 19.8. The molecule has 3 aromatic heterocycles. The van der Waals surface area contributed by atoms with Gasteiger partial charge in [0.25, 0.3) is 0 Å². The average molecular weight is 409 g/mol. The largest absolute Gasteiger partial charge is 0.391 e. The van der Waals surface area contributed by atoms with E-state index in [1.165, 1.54) is 5.56 Å². The summed E-state index contributed by atoms with van der Waals surface area (Å²) in [6.45, 7) is 1.16. The van der Waals surface area contributed by atoms with Gasteiger partial charge in [-0.1, -0.05) is 30.2 Å². The molecule has 1 aromatic carbocycles. The summed E-state index contributed by atoms with van der Waals surface area (Å²) in [5.41, 5.74) is 10.6.